The van der Waals surface area contributed by atoms with Crippen molar-refractivity contribution in [2.24, 2.45) is 0 Å². The Morgan fingerprint density at radius 1 is 0.966 bits per heavy atom. The standard InChI is InChI=1S/C24H28N4O/c1-4-28(5-2)22-13-11-21(12-14-22)26-23-17-20(15-16-25-23)24(29)27(3)18-19-9-7-6-8-10-19/h6-17H,4-5,18H2,1-3H3,(H,25,26). The van der Waals surface area contributed by atoms with E-state index in [1.165, 1.54) is 5.69 Å². The van der Waals surface area contributed by atoms with E-state index in [-0.39, 0.29) is 5.91 Å². The first-order valence-corrected chi connectivity index (χ1v) is 9.98. The van der Waals surface area contributed by atoms with Gasteiger partial charge in [0, 0.05) is 49.8 Å². The largest absolute Gasteiger partial charge is 0.372 e. The molecule has 0 unspecified atom stereocenters. The molecule has 0 saturated carbocycles. The Kier molecular flexibility index (Phi) is 6.85. The number of pyridine rings is 1. The summed E-state index contributed by atoms with van der Waals surface area (Å²) in [5.74, 6) is 0.621. The molecule has 150 valence electrons. The zero-order chi connectivity index (χ0) is 20.6. The predicted octanol–water partition coefficient (Wildman–Crippen LogP) is 4.94. The number of rotatable bonds is 8. The van der Waals surface area contributed by atoms with Gasteiger partial charge in [0.2, 0.25) is 0 Å². The van der Waals surface area contributed by atoms with E-state index in [0.29, 0.717) is 17.9 Å². The van der Waals surface area contributed by atoms with Gasteiger partial charge in [-0.05, 0) is 55.8 Å². The molecule has 0 saturated heterocycles. The normalized spacial score (nSPS) is 10.4. The van der Waals surface area contributed by atoms with Crippen molar-refractivity contribution >= 4 is 23.1 Å². The van der Waals surface area contributed by atoms with E-state index < -0.39 is 0 Å². The van der Waals surface area contributed by atoms with Crippen LogP contribution in [0.25, 0.3) is 0 Å². The zero-order valence-electron chi connectivity index (χ0n) is 17.3. The quantitative estimate of drug-likeness (QED) is 0.594. The lowest BCUT2D eigenvalue weighted by Gasteiger charge is -2.21. The van der Waals surface area contributed by atoms with Crippen LogP contribution in [0.2, 0.25) is 0 Å². The van der Waals surface area contributed by atoms with E-state index in [1.54, 1.807) is 23.2 Å². The summed E-state index contributed by atoms with van der Waals surface area (Å²) in [6, 6.07) is 21.8. The van der Waals surface area contributed by atoms with Gasteiger partial charge < -0.3 is 15.1 Å². The van der Waals surface area contributed by atoms with Crippen molar-refractivity contribution in [3.63, 3.8) is 0 Å². The molecule has 1 aromatic heterocycles. The van der Waals surface area contributed by atoms with Gasteiger partial charge in [-0.2, -0.15) is 0 Å². The van der Waals surface area contributed by atoms with Crippen LogP contribution in [0, 0.1) is 0 Å². The lowest BCUT2D eigenvalue weighted by atomic mass is 10.2. The molecule has 0 aliphatic heterocycles. The number of hydrogen-bond acceptors (Lipinski definition) is 4. The summed E-state index contributed by atoms with van der Waals surface area (Å²) >= 11 is 0. The van der Waals surface area contributed by atoms with Gasteiger partial charge in [0.25, 0.3) is 5.91 Å². The molecule has 5 heteroatoms. The number of anilines is 3. The number of hydrogen-bond donors (Lipinski definition) is 1. The first-order valence-electron chi connectivity index (χ1n) is 9.98. The molecule has 3 aromatic rings. The fourth-order valence-corrected chi connectivity index (χ4v) is 3.27. The number of benzene rings is 2. The van der Waals surface area contributed by atoms with Crippen LogP contribution >= 0.6 is 0 Å². The molecule has 0 atom stereocenters. The van der Waals surface area contributed by atoms with Crippen LogP contribution in [0.15, 0.2) is 72.9 Å². The highest BCUT2D eigenvalue weighted by atomic mass is 16.2. The molecule has 0 aliphatic rings. The highest BCUT2D eigenvalue weighted by molar-refractivity contribution is 5.94. The average molecular weight is 389 g/mol. The summed E-state index contributed by atoms with van der Waals surface area (Å²) in [6.07, 6.45) is 1.66. The smallest absolute Gasteiger partial charge is 0.254 e. The Morgan fingerprint density at radius 2 is 1.66 bits per heavy atom. The topological polar surface area (TPSA) is 48.5 Å². The third-order valence-corrected chi connectivity index (χ3v) is 4.88. The van der Waals surface area contributed by atoms with Crippen LogP contribution in [0.4, 0.5) is 17.2 Å². The lowest BCUT2D eigenvalue weighted by molar-refractivity contribution is 0.0785. The summed E-state index contributed by atoms with van der Waals surface area (Å²) in [5, 5.41) is 3.29. The maximum absolute atomic E-state index is 12.8. The summed E-state index contributed by atoms with van der Waals surface area (Å²) in [4.78, 5) is 21.2. The van der Waals surface area contributed by atoms with Crippen molar-refractivity contribution < 1.29 is 4.79 Å². The molecular formula is C24H28N4O. The van der Waals surface area contributed by atoms with Gasteiger partial charge in [0.05, 0.1) is 0 Å². The molecule has 0 bridgehead atoms. The van der Waals surface area contributed by atoms with Gasteiger partial charge in [-0.15, -0.1) is 0 Å². The predicted molar refractivity (Wildman–Crippen MR) is 120 cm³/mol. The van der Waals surface area contributed by atoms with Crippen LogP contribution in [0.1, 0.15) is 29.8 Å². The van der Waals surface area contributed by atoms with Crippen LogP contribution < -0.4 is 10.2 Å². The van der Waals surface area contributed by atoms with Gasteiger partial charge in [0.15, 0.2) is 0 Å². The highest BCUT2D eigenvalue weighted by Crippen LogP contribution is 2.21. The molecule has 3 rings (SSSR count). The van der Waals surface area contributed by atoms with E-state index in [2.05, 4.69) is 41.2 Å². The van der Waals surface area contributed by atoms with E-state index in [9.17, 15) is 4.79 Å². The van der Waals surface area contributed by atoms with Crippen LogP contribution in [0.5, 0.6) is 0 Å². The van der Waals surface area contributed by atoms with Crippen LogP contribution in [-0.4, -0.2) is 35.9 Å². The molecule has 0 radical (unpaired) electrons. The third-order valence-electron chi connectivity index (χ3n) is 4.88. The molecule has 1 N–H and O–H groups in total. The van der Waals surface area contributed by atoms with Gasteiger partial charge in [0.1, 0.15) is 5.82 Å². The molecule has 29 heavy (non-hydrogen) atoms. The molecule has 0 spiro atoms. The monoisotopic (exact) mass is 388 g/mol. The van der Waals surface area contributed by atoms with Crippen molar-refractivity contribution in [3.05, 3.63) is 84.1 Å². The molecular weight excluding hydrogens is 360 g/mol. The van der Waals surface area contributed by atoms with Gasteiger partial charge >= 0.3 is 0 Å². The van der Waals surface area contributed by atoms with Crippen molar-refractivity contribution in [2.75, 3.05) is 30.4 Å². The van der Waals surface area contributed by atoms with Crippen molar-refractivity contribution in [1.82, 2.24) is 9.88 Å². The Bertz CT molecular complexity index is 921. The third kappa shape index (κ3) is 5.35. The lowest BCUT2D eigenvalue weighted by Crippen LogP contribution is -2.26. The molecule has 5 nitrogen and oxygen atoms in total. The Morgan fingerprint density at radius 3 is 2.31 bits per heavy atom. The Balaban J connectivity index is 1.68. The summed E-state index contributed by atoms with van der Waals surface area (Å²) < 4.78 is 0. The first-order chi connectivity index (χ1) is 14.1. The second-order valence-corrected chi connectivity index (χ2v) is 6.92. The number of nitrogens with zero attached hydrogens (tertiary/aromatic N) is 3. The van der Waals surface area contributed by atoms with Crippen molar-refractivity contribution in [3.8, 4) is 0 Å². The summed E-state index contributed by atoms with van der Waals surface area (Å²) in [5.41, 5.74) is 3.85. The molecule has 2 aromatic carbocycles. The zero-order valence-corrected chi connectivity index (χ0v) is 17.3. The SMILES string of the molecule is CCN(CC)c1ccc(Nc2cc(C(=O)N(C)Cc3ccccc3)ccn2)cc1. The minimum absolute atomic E-state index is 0.0313. The van der Waals surface area contributed by atoms with Gasteiger partial charge in [-0.25, -0.2) is 4.98 Å². The number of carbonyl (C=O) groups is 1. The summed E-state index contributed by atoms with van der Waals surface area (Å²) in [7, 11) is 1.81. The minimum Gasteiger partial charge on any atom is -0.372 e. The fraction of sp³-hybridized carbons (Fsp3) is 0.250. The van der Waals surface area contributed by atoms with E-state index in [4.69, 9.17) is 0 Å². The van der Waals surface area contributed by atoms with Crippen molar-refractivity contribution in [1.29, 1.82) is 0 Å². The second kappa shape index (κ2) is 9.73. The molecule has 1 heterocycles. The van der Waals surface area contributed by atoms with E-state index in [0.717, 1.165) is 24.3 Å². The first kappa shape index (κ1) is 20.4. The Hall–Kier alpha value is -3.34. The second-order valence-electron chi connectivity index (χ2n) is 6.92. The Labute approximate surface area is 173 Å². The van der Waals surface area contributed by atoms with E-state index >= 15 is 0 Å². The van der Waals surface area contributed by atoms with Crippen molar-refractivity contribution in [2.45, 2.75) is 20.4 Å². The number of amides is 1. The average Bonchev–Trinajstić information content (AvgIpc) is 2.76. The van der Waals surface area contributed by atoms with E-state index in [1.807, 2.05) is 49.5 Å². The fourth-order valence-electron chi connectivity index (χ4n) is 3.27. The van der Waals surface area contributed by atoms with Gasteiger partial charge in [-0.3, -0.25) is 4.79 Å². The number of nitrogens with one attached hydrogen (secondary N) is 1. The van der Waals surface area contributed by atoms with Gasteiger partial charge in [-0.1, -0.05) is 30.3 Å². The minimum atomic E-state index is -0.0313. The number of aromatic nitrogens is 1. The van der Waals surface area contributed by atoms with Crippen LogP contribution in [-0.2, 0) is 6.54 Å². The maximum Gasteiger partial charge on any atom is 0.254 e. The highest BCUT2D eigenvalue weighted by Gasteiger charge is 2.13. The number of carbonyl (C=O) groups excluding carboxylic acids is 1. The molecule has 0 fully saturated rings. The van der Waals surface area contributed by atoms with Crippen LogP contribution in [0.3, 0.4) is 0 Å². The molecule has 1 amide bonds. The maximum atomic E-state index is 12.8. The summed E-state index contributed by atoms with van der Waals surface area (Å²) in [6.45, 7) is 6.82. The molecule has 0 aliphatic carbocycles.